The van der Waals surface area contributed by atoms with E-state index in [0.29, 0.717) is 5.69 Å². The zero-order valence-corrected chi connectivity index (χ0v) is 8.34. The van der Waals surface area contributed by atoms with Gasteiger partial charge in [0.05, 0.1) is 12.4 Å². The van der Waals surface area contributed by atoms with Crippen LogP contribution in [-0.4, -0.2) is 20.3 Å². The molecular formula is C8H11N3OS. The highest BCUT2D eigenvalue weighted by atomic mass is 32.2. The van der Waals surface area contributed by atoms with E-state index in [1.807, 2.05) is 13.8 Å². The molecule has 0 atom stereocenters. The fraction of sp³-hybridized carbons (Fsp3) is 0.375. The third-order valence-electron chi connectivity index (χ3n) is 1.21. The van der Waals surface area contributed by atoms with Crippen LogP contribution < -0.4 is 5.73 Å². The molecule has 2 N–H and O–H groups in total. The number of nitrogens with two attached hydrogens (primary N) is 1. The van der Waals surface area contributed by atoms with E-state index in [1.165, 1.54) is 24.2 Å². The SMILES string of the molecule is CC(C)SC(=O)c1cncc(N)n1. The molecule has 13 heavy (non-hydrogen) atoms. The molecule has 5 heteroatoms. The first-order valence-electron chi connectivity index (χ1n) is 3.88. The number of anilines is 1. The van der Waals surface area contributed by atoms with Gasteiger partial charge in [-0.1, -0.05) is 25.6 Å². The zero-order chi connectivity index (χ0) is 9.84. The lowest BCUT2D eigenvalue weighted by atomic mass is 10.5. The molecule has 1 aromatic heterocycles. The average Bonchev–Trinajstić information content (AvgIpc) is 2.03. The van der Waals surface area contributed by atoms with Crippen molar-refractivity contribution < 1.29 is 4.79 Å². The van der Waals surface area contributed by atoms with Crippen LogP contribution in [0, 0.1) is 0 Å². The maximum Gasteiger partial charge on any atom is 0.239 e. The van der Waals surface area contributed by atoms with Crippen molar-refractivity contribution in [2.24, 2.45) is 0 Å². The van der Waals surface area contributed by atoms with Gasteiger partial charge in [-0.2, -0.15) is 0 Å². The van der Waals surface area contributed by atoms with Gasteiger partial charge in [-0.3, -0.25) is 9.78 Å². The number of carbonyl (C=O) groups is 1. The molecule has 0 amide bonds. The van der Waals surface area contributed by atoms with Gasteiger partial charge < -0.3 is 5.73 Å². The number of nitrogen functional groups attached to an aromatic ring is 1. The first kappa shape index (κ1) is 9.98. The molecule has 0 radical (unpaired) electrons. The van der Waals surface area contributed by atoms with Crippen molar-refractivity contribution in [2.45, 2.75) is 19.1 Å². The third-order valence-corrected chi connectivity index (χ3v) is 2.10. The molecule has 1 heterocycles. The Morgan fingerprint density at radius 3 is 2.77 bits per heavy atom. The Kier molecular flexibility index (Phi) is 3.25. The van der Waals surface area contributed by atoms with Gasteiger partial charge in [0.2, 0.25) is 5.12 Å². The third kappa shape index (κ3) is 3.02. The van der Waals surface area contributed by atoms with Crippen molar-refractivity contribution in [3.8, 4) is 0 Å². The van der Waals surface area contributed by atoms with Gasteiger partial charge in [0.15, 0.2) is 0 Å². The number of rotatable bonds is 2. The molecule has 0 spiro atoms. The first-order valence-corrected chi connectivity index (χ1v) is 4.76. The second-order valence-electron chi connectivity index (χ2n) is 2.78. The molecule has 1 aromatic rings. The van der Waals surface area contributed by atoms with Gasteiger partial charge in [0.1, 0.15) is 11.5 Å². The summed E-state index contributed by atoms with van der Waals surface area (Å²) < 4.78 is 0. The molecule has 1 rings (SSSR count). The van der Waals surface area contributed by atoms with E-state index in [0.717, 1.165) is 0 Å². The van der Waals surface area contributed by atoms with Crippen LogP contribution in [0.5, 0.6) is 0 Å². The number of thioether (sulfide) groups is 1. The molecule has 70 valence electrons. The predicted molar refractivity (Wildman–Crippen MR) is 53.5 cm³/mol. The van der Waals surface area contributed by atoms with Gasteiger partial charge in [0, 0.05) is 5.25 Å². The quantitative estimate of drug-likeness (QED) is 0.774. The summed E-state index contributed by atoms with van der Waals surface area (Å²) in [5.74, 6) is 0.273. The van der Waals surface area contributed by atoms with E-state index < -0.39 is 0 Å². The average molecular weight is 197 g/mol. The van der Waals surface area contributed by atoms with Crippen LogP contribution in [0.3, 0.4) is 0 Å². The molecule has 0 bridgehead atoms. The lowest BCUT2D eigenvalue weighted by Gasteiger charge is -2.02. The minimum atomic E-state index is -0.0881. The zero-order valence-electron chi connectivity index (χ0n) is 7.52. The van der Waals surface area contributed by atoms with Crippen LogP contribution in [0.25, 0.3) is 0 Å². The Balaban J connectivity index is 2.77. The maximum atomic E-state index is 11.4. The van der Waals surface area contributed by atoms with Crippen molar-refractivity contribution >= 4 is 22.7 Å². The second kappa shape index (κ2) is 4.23. The standard InChI is InChI=1S/C8H11N3OS/c1-5(2)13-8(12)6-3-10-4-7(9)11-6/h3-5H,1-2H3,(H2,9,11). The van der Waals surface area contributed by atoms with E-state index in [-0.39, 0.29) is 16.2 Å². The van der Waals surface area contributed by atoms with Crippen LogP contribution >= 0.6 is 11.8 Å². The summed E-state index contributed by atoms with van der Waals surface area (Å²) in [5.41, 5.74) is 5.71. The summed E-state index contributed by atoms with van der Waals surface area (Å²) in [6.07, 6.45) is 2.84. The molecule has 0 aromatic carbocycles. The summed E-state index contributed by atoms with van der Waals surface area (Å²) in [6.45, 7) is 3.89. The van der Waals surface area contributed by atoms with Crippen molar-refractivity contribution in [3.63, 3.8) is 0 Å². The molecule has 0 unspecified atom stereocenters. The minimum absolute atomic E-state index is 0.0881. The number of hydrogen-bond donors (Lipinski definition) is 1. The summed E-state index contributed by atoms with van der Waals surface area (Å²) >= 11 is 1.22. The van der Waals surface area contributed by atoms with Crippen molar-refractivity contribution in [1.82, 2.24) is 9.97 Å². The van der Waals surface area contributed by atoms with Gasteiger partial charge in [-0.25, -0.2) is 4.98 Å². The lowest BCUT2D eigenvalue weighted by Crippen LogP contribution is -2.04. The van der Waals surface area contributed by atoms with Gasteiger partial charge in [-0.05, 0) is 0 Å². The molecule has 0 saturated carbocycles. The molecule has 0 aliphatic heterocycles. The Morgan fingerprint density at radius 1 is 1.54 bits per heavy atom. The van der Waals surface area contributed by atoms with E-state index in [1.54, 1.807) is 0 Å². The van der Waals surface area contributed by atoms with E-state index in [4.69, 9.17) is 5.73 Å². The van der Waals surface area contributed by atoms with Gasteiger partial charge in [-0.15, -0.1) is 0 Å². The highest BCUT2D eigenvalue weighted by Crippen LogP contribution is 2.15. The van der Waals surface area contributed by atoms with Gasteiger partial charge >= 0.3 is 0 Å². The van der Waals surface area contributed by atoms with Crippen molar-refractivity contribution in [3.05, 3.63) is 18.1 Å². The van der Waals surface area contributed by atoms with Crippen LogP contribution in [-0.2, 0) is 0 Å². The highest BCUT2D eigenvalue weighted by Gasteiger charge is 2.10. The summed E-state index contributed by atoms with van der Waals surface area (Å²) in [4.78, 5) is 19.1. The lowest BCUT2D eigenvalue weighted by molar-refractivity contribution is 0.108. The highest BCUT2D eigenvalue weighted by molar-refractivity contribution is 8.14. The van der Waals surface area contributed by atoms with Crippen LogP contribution in [0.4, 0.5) is 5.82 Å². The minimum Gasteiger partial charge on any atom is -0.382 e. The monoisotopic (exact) mass is 197 g/mol. The molecule has 0 saturated heterocycles. The number of aromatic nitrogens is 2. The second-order valence-corrected chi connectivity index (χ2v) is 4.33. The Morgan fingerprint density at radius 2 is 2.23 bits per heavy atom. The number of carbonyl (C=O) groups excluding carboxylic acids is 1. The topological polar surface area (TPSA) is 68.9 Å². The van der Waals surface area contributed by atoms with Crippen LogP contribution in [0.1, 0.15) is 24.3 Å². The summed E-state index contributed by atoms with van der Waals surface area (Å²) in [6, 6.07) is 0. The Bertz CT molecular complexity index is 314. The van der Waals surface area contributed by atoms with Gasteiger partial charge in [0.25, 0.3) is 0 Å². The number of nitrogens with zero attached hydrogens (tertiary/aromatic N) is 2. The molecule has 0 fully saturated rings. The summed E-state index contributed by atoms with van der Waals surface area (Å²) in [5, 5.41) is 0.158. The fourth-order valence-corrected chi connectivity index (χ4v) is 1.40. The Hall–Kier alpha value is -1.10. The van der Waals surface area contributed by atoms with Crippen LogP contribution in [0.2, 0.25) is 0 Å². The first-order chi connectivity index (χ1) is 6.09. The van der Waals surface area contributed by atoms with Crippen molar-refractivity contribution in [2.75, 3.05) is 5.73 Å². The number of hydrogen-bond acceptors (Lipinski definition) is 5. The molecule has 4 nitrogen and oxygen atoms in total. The smallest absolute Gasteiger partial charge is 0.239 e. The fourth-order valence-electron chi connectivity index (χ4n) is 0.754. The van der Waals surface area contributed by atoms with Crippen LogP contribution in [0.15, 0.2) is 12.4 Å². The maximum absolute atomic E-state index is 11.4. The summed E-state index contributed by atoms with van der Waals surface area (Å²) in [7, 11) is 0. The normalized spacial score (nSPS) is 10.4. The largest absolute Gasteiger partial charge is 0.382 e. The van der Waals surface area contributed by atoms with E-state index >= 15 is 0 Å². The molecule has 0 aliphatic rings. The molecular weight excluding hydrogens is 186 g/mol. The Labute approximate surface area is 81.0 Å². The van der Waals surface area contributed by atoms with E-state index in [9.17, 15) is 4.79 Å². The molecule has 0 aliphatic carbocycles. The predicted octanol–water partition coefficient (Wildman–Crippen LogP) is 1.34. The van der Waals surface area contributed by atoms with E-state index in [2.05, 4.69) is 9.97 Å². The van der Waals surface area contributed by atoms with Crippen molar-refractivity contribution in [1.29, 1.82) is 0 Å².